The Kier molecular flexibility index (Phi) is 5.52. The summed E-state index contributed by atoms with van der Waals surface area (Å²) in [6, 6.07) is 17.6. The third-order valence-electron chi connectivity index (χ3n) is 4.52. The van der Waals surface area contributed by atoms with E-state index >= 15 is 0 Å². The third-order valence-corrected chi connectivity index (χ3v) is 4.52. The fourth-order valence-corrected chi connectivity index (χ4v) is 3.01. The van der Waals surface area contributed by atoms with Gasteiger partial charge in [-0.25, -0.2) is 4.79 Å². The fourth-order valence-electron chi connectivity index (χ4n) is 3.01. The molecule has 2 heterocycles. The van der Waals surface area contributed by atoms with E-state index in [0.717, 1.165) is 5.39 Å². The molecular formula is C23H19NO6. The highest BCUT2D eigenvalue weighted by molar-refractivity contribution is 5.86. The summed E-state index contributed by atoms with van der Waals surface area (Å²) in [4.78, 5) is 24.3. The molecule has 7 heteroatoms. The molecule has 2 aromatic heterocycles. The number of hydrogen-bond acceptors (Lipinski definition) is 6. The normalized spacial score (nSPS) is 10.7. The zero-order valence-electron chi connectivity index (χ0n) is 16.2. The van der Waals surface area contributed by atoms with Crippen molar-refractivity contribution in [2.75, 3.05) is 13.7 Å². The second-order valence-electron chi connectivity index (χ2n) is 6.50. The van der Waals surface area contributed by atoms with Gasteiger partial charge in [-0.1, -0.05) is 24.3 Å². The van der Waals surface area contributed by atoms with Crippen molar-refractivity contribution in [3.05, 3.63) is 83.1 Å². The molecule has 0 atom stereocenters. The number of hydrogen-bond donors (Lipinski definition) is 1. The Bertz CT molecular complexity index is 1210. The Morgan fingerprint density at radius 2 is 1.90 bits per heavy atom. The number of para-hydroxylation sites is 1. The summed E-state index contributed by atoms with van der Waals surface area (Å²) in [6.07, 6.45) is 1.55. The summed E-state index contributed by atoms with van der Waals surface area (Å²) in [7, 11) is 1.53. The van der Waals surface area contributed by atoms with E-state index in [2.05, 4.69) is 5.32 Å². The highest BCUT2D eigenvalue weighted by Crippen LogP contribution is 2.28. The average Bonchev–Trinajstić information content (AvgIpc) is 3.29. The third kappa shape index (κ3) is 4.20. The molecule has 0 saturated carbocycles. The minimum Gasteiger partial charge on any atom is -0.493 e. The maximum absolute atomic E-state index is 12.5. The second kappa shape index (κ2) is 8.57. The van der Waals surface area contributed by atoms with Crippen LogP contribution >= 0.6 is 0 Å². The smallest absolute Gasteiger partial charge is 0.344 e. The number of carbonyl (C=O) groups excluding carboxylic acids is 1. The molecule has 4 rings (SSSR count). The first-order chi connectivity index (χ1) is 14.6. The fraction of sp³-hybridized carbons (Fsp3) is 0.130. The number of ether oxygens (including phenoxy) is 2. The van der Waals surface area contributed by atoms with E-state index in [1.165, 1.54) is 7.11 Å². The Morgan fingerprint density at radius 1 is 1.07 bits per heavy atom. The number of carbonyl (C=O) groups is 1. The molecule has 1 N–H and O–H groups in total. The number of methoxy groups -OCH3 is 1. The van der Waals surface area contributed by atoms with Gasteiger partial charge < -0.3 is 23.6 Å². The molecule has 0 spiro atoms. The van der Waals surface area contributed by atoms with E-state index < -0.39 is 5.63 Å². The minimum absolute atomic E-state index is 0.127. The number of fused-ring (bicyclic) bond motifs is 1. The van der Waals surface area contributed by atoms with Crippen LogP contribution in [0.5, 0.6) is 11.5 Å². The zero-order valence-corrected chi connectivity index (χ0v) is 16.2. The van der Waals surface area contributed by atoms with Gasteiger partial charge in [0.1, 0.15) is 11.5 Å². The molecule has 0 radical (unpaired) electrons. The van der Waals surface area contributed by atoms with Gasteiger partial charge in [-0.2, -0.15) is 0 Å². The van der Waals surface area contributed by atoms with E-state index in [-0.39, 0.29) is 12.5 Å². The number of furan rings is 1. The summed E-state index contributed by atoms with van der Waals surface area (Å²) in [5.74, 6) is 1.42. The van der Waals surface area contributed by atoms with Gasteiger partial charge in [-0.05, 0) is 42.0 Å². The van der Waals surface area contributed by atoms with Crippen LogP contribution in [0.2, 0.25) is 0 Å². The summed E-state index contributed by atoms with van der Waals surface area (Å²) in [6.45, 7) is 0.175. The maximum atomic E-state index is 12.5. The monoisotopic (exact) mass is 405 g/mol. The van der Waals surface area contributed by atoms with Crippen LogP contribution in [0.1, 0.15) is 5.76 Å². The second-order valence-corrected chi connectivity index (χ2v) is 6.50. The van der Waals surface area contributed by atoms with Crippen molar-refractivity contribution in [2.24, 2.45) is 0 Å². The topological polar surface area (TPSA) is 90.9 Å². The molecule has 30 heavy (non-hydrogen) atoms. The van der Waals surface area contributed by atoms with E-state index in [0.29, 0.717) is 40.5 Å². The van der Waals surface area contributed by atoms with Crippen molar-refractivity contribution in [1.82, 2.24) is 5.32 Å². The van der Waals surface area contributed by atoms with Crippen LogP contribution in [-0.2, 0) is 11.3 Å². The van der Waals surface area contributed by atoms with Crippen LogP contribution in [-0.4, -0.2) is 19.6 Å². The predicted molar refractivity (Wildman–Crippen MR) is 111 cm³/mol. The molecule has 152 valence electrons. The van der Waals surface area contributed by atoms with Crippen LogP contribution in [0.4, 0.5) is 0 Å². The van der Waals surface area contributed by atoms with Crippen molar-refractivity contribution in [3.8, 4) is 22.6 Å². The number of benzene rings is 2. The molecule has 0 aliphatic heterocycles. The highest BCUT2D eigenvalue weighted by atomic mass is 16.5. The largest absolute Gasteiger partial charge is 0.493 e. The number of nitrogens with one attached hydrogen (secondary N) is 1. The molecule has 0 aliphatic rings. The molecule has 0 bridgehead atoms. The highest BCUT2D eigenvalue weighted by Gasteiger charge is 2.11. The van der Waals surface area contributed by atoms with Gasteiger partial charge in [0.05, 0.1) is 25.5 Å². The van der Waals surface area contributed by atoms with E-state index in [1.807, 2.05) is 12.1 Å². The lowest BCUT2D eigenvalue weighted by Crippen LogP contribution is -2.28. The Hall–Kier alpha value is -4.00. The summed E-state index contributed by atoms with van der Waals surface area (Å²) >= 11 is 0. The lowest BCUT2D eigenvalue weighted by molar-refractivity contribution is -0.123. The molecule has 0 fully saturated rings. The van der Waals surface area contributed by atoms with Crippen molar-refractivity contribution in [1.29, 1.82) is 0 Å². The van der Waals surface area contributed by atoms with Crippen LogP contribution in [0, 0.1) is 0 Å². The standard InChI is InChI=1S/C23H19NO6/c1-27-20-6-2-4-16-12-19(23(26)30-22(16)20)15-7-9-17(10-8-15)29-14-21(25)24-13-18-5-3-11-28-18/h2-12H,13-14H2,1H3,(H,24,25). The Labute approximate surface area is 171 Å². The number of rotatable bonds is 7. The molecule has 2 aromatic carbocycles. The Balaban J connectivity index is 1.44. The molecule has 1 amide bonds. The lowest BCUT2D eigenvalue weighted by atomic mass is 10.1. The van der Waals surface area contributed by atoms with Gasteiger partial charge >= 0.3 is 5.63 Å². The van der Waals surface area contributed by atoms with Crippen LogP contribution in [0.3, 0.4) is 0 Å². The first kappa shape index (κ1) is 19.3. The van der Waals surface area contributed by atoms with Gasteiger partial charge in [0.15, 0.2) is 17.9 Å². The van der Waals surface area contributed by atoms with Crippen LogP contribution < -0.4 is 20.4 Å². The first-order valence-corrected chi connectivity index (χ1v) is 9.27. The maximum Gasteiger partial charge on any atom is 0.344 e. The predicted octanol–water partition coefficient (Wildman–Crippen LogP) is 3.76. The Morgan fingerprint density at radius 3 is 2.63 bits per heavy atom. The van der Waals surface area contributed by atoms with E-state index in [1.54, 1.807) is 54.8 Å². The summed E-state index contributed by atoms with van der Waals surface area (Å²) in [5, 5.41) is 3.47. The SMILES string of the molecule is COc1cccc2cc(-c3ccc(OCC(=O)NCc4ccco4)cc3)c(=O)oc12. The molecule has 7 nitrogen and oxygen atoms in total. The van der Waals surface area contributed by atoms with Crippen molar-refractivity contribution in [3.63, 3.8) is 0 Å². The van der Waals surface area contributed by atoms with E-state index in [9.17, 15) is 9.59 Å². The van der Waals surface area contributed by atoms with Gasteiger partial charge in [0.25, 0.3) is 5.91 Å². The van der Waals surface area contributed by atoms with Gasteiger partial charge in [-0.15, -0.1) is 0 Å². The average molecular weight is 405 g/mol. The van der Waals surface area contributed by atoms with Crippen LogP contribution in [0.15, 0.2) is 80.6 Å². The van der Waals surface area contributed by atoms with Crippen LogP contribution in [0.25, 0.3) is 22.1 Å². The quantitative estimate of drug-likeness (QED) is 0.471. The lowest BCUT2D eigenvalue weighted by Gasteiger charge is -2.08. The van der Waals surface area contributed by atoms with Crippen molar-refractivity contribution < 1.29 is 23.1 Å². The zero-order chi connectivity index (χ0) is 20.9. The first-order valence-electron chi connectivity index (χ1n) is 9.27. The molecule has 4 aromatic rings. The molecular weight excluding hydrogens is 386 g/mol. The minimum atomic E-state index is -0.460. The molecule has 0 saturated heterocycles. The van der Waals surface area contributed by atoms with Gasteiger partial charge in [0, 0.05) is 5.39 Å². The van der Waals surface area contributed by atoms with Crippen molar-refractivity contribution >= 4 is 16.9 Å². The number of amides is 1. The van der Waals surface area contributed by atoms with E-state index in [4.69, 9.17) is 18.3 Å². The molecule has 0 unspecified atom stereocenters. The molecule has 0 aliphatic carbocycles. The summed E-state index contributed by atoms with van der Waals surface area (Å²) in [5.41, 5.74) is 1.06. The van der Waals surface area contributed by atoms with Gasteiger partial charge in [0.2, 0.25) is 0 Å². The summed E-state index contributed by atoms with van der Waals surface area (Å²) < 4.78 is 21.4. The van der Waals surface area contributed by atoms with Gasteiger partial charge in [-0.3, -0.25) is 4.79 Å². The van der Waals surface area contributed by atoms with Crippen molar-refractivity contribution in [2.45, 2.75) is 6.54 Å².